The van der Waals surface area contributed by atoms with Crippen molar-refractivity contribution in [3.63, 3.8) is 0 Å². The number of rotatable bonds is 2. The molecule has 0 unspecified atom stereocenters. The molecule has 1 rings (SSSR count). The van der Waals surface area contributed by atoms with Crippen molar-refractivity contribution in [1.29, 1.82) is 0 Å². The zero-order valence-electron chi connectivity index (χ0n) is 7.01. The van der Waals surface area contributed by atoms with Crippen molar-refractivity contribution in [2.45, 2.75) is 44.8 Å². The Morgan fingerprint density at radius 1 is 1.55 bits per heavy atom. The molecule has 1 atom stereocenters. The van der Waals surface area contributed by atoms with Crippen LogP contribution in [-0.2, 0) is 9.53 Å². The maximum absolute atomic E-state index is 11.0. The molecule has 3 nitrogen and oxygen atoms in total. The van der Waals surface area contributed by atoms with Gasteiger partial charge < -0.3 is 10.5 Å². The standard InChI is InChI=1S/C8H15NO2/c1-6(9)8(10)11-7-4-2-3-5-7/h6-7H,2-5,9H2,1H3/p+1/t6-/m0/s1. The van der Waals surface area contributed by atoms with E-state index in [4.69, 9.17) is 4.74 Å². The molecule has 0 radical (unpaired) electrons. The number of carbonyl (C=O) groups is 1. The normalized spacial score (nSPS) is 21.6. The molecular formula is C8H16NO2+. The Bertz CT molecular complexity index is 139. The summed E-state index contributed by atoms with van der Waals surface area (Å²) in [6.07, 6.45) is 4.66. The molecule has 0 amide bonds. The maximum Gasteiger partial charge on any atom is 0.364 e. The van der Waals surface area contributed by atoms with Crippen LogP contribution in [0.4, 0.5) is 0 Å². The van der Waals surface area contributed by atoms with E-state index in [1.54, 1.807) is 6.92 Å². The Hall–Kier alpha value is -0.570. The van der Waals surface area contributed by atoms with E-state index in [-0.39, 0.29) is 18.1 Å². The van der Waals surface area contributed by atoms with E-state index in [0.717, 1.165) is 12.8 Å². The summed E-state index contributed by atoms with van der Waals surface area (Å²) in [4.78, 5) is 11.0. The third kappa shape index (κ3) is 2.50. The van der Waals surface area contributed by atoms with E-state index >= 15 is 0 Å². The summed E-state index contributed by atoms with van der Waals surface area (Å²) >= 11 is 0. The first kappa shape index (κ1) is 8.53. The smallest absolute Gasteiger partial charge is 0.364 e. The largest absolute Gasteiger partial charge is 0.458 e. The fraction of sp³-hybridized carbons (Fsp3) is 0.875. The number of quaternary nitrogens is 1. The van der Waals surface area contributed by atoms with E-state index in [2.05, 4.69) is 5.73 Å². The molecule has 1 aliphatic carbocycles. The van der Waals surface area contributed by atoms with Crippen LogP contribution in [0.1, 0.15) is 32.6 Å². The van der Waals surface area contributed by atoms with Crippen LogP contribution in [0.2, 0.25) is 0 Å². The maximum atomic E-state index is 11.0. The molecule has 1 aliphatic rings. The van der Waals surface area contributed by atoms with E-state index in [9.17, 15) is 4.79 Å². The molecule has 64 valence electrons. The molecule has 11 heavy (non-hydrogen) atoms. The van der Waals surface area contributed by atoms with Crippen LogP contribution in [0.5, 0.6) is 0 Å². The number of hydrogen-bond acceptors (Lipinski definition) is 2. The Morgan fingerprint density at radius 3 is 2.55 bits per heavy atom. The van der Waals surface area contributed by atoms with Gasteiger partial charge in [0.25, 0.3) is 0 Å². The van der Waals surface area contributed by atoms with Gasteiger partial charge in [0.05, 0.1) is 0 Å². The molecule has 1 saturated carbocycles. The van der Waals surface area contributed by atoms with Crippen LogP contribution in [0.25, 0.3) is 0 Å². The molecule has 1 fully saturated rings. The van der Waals surface area contributed by atoms with E-state index in [1.807, 2.05) is 0 Å². The topological polar surface area (TPSA) is 53.9 Å². The van der Waals surface area contributed by atoms with Crippen molar-refractivity contribution >= 4 is 5.97 Å². The lowest BCUT2D eigenvalue weighted by molar-refractivity contribution is -0.403. The SMILES string of the molecule is C[C@H]([NH3+])C(=O)OC1CCCC1. The van der Waals surface area contributed by atoms with Gasteiger partial charge in [0.2, 0.25) is 0 Å². The average molecular weight is 158 g/mol. The first-order valence-electron chi connectivity index (χ1n) is 4.23. The second-order valence-corrected chi connectivity index (χ2v) is 3.24. The van der Waals surface area contributed by atoms with Gasteiger partial charge in [-0.05, 0) is 32.6 Å². The van der Waals surface area contributed by atoms with Gasteiger partial charge in [-0.2, -0.15) is 0 Å². The summed E-state index contributed by atoms with van der Waals surface area (Å²) < 4.78 is 5.17. The molecule has 0 saturated heterocycles. The molecule has 0 aromatic carbocycles. The van der Waals surface area contributed by atoms with E-state index in [0.29, 0.717) is 0 Å². The third-order valence-corrected chi connectivity index (χ3v) is 1.99. The van der Waals surface area contributed by atoms with Gasteiger partial charge in [0, 0.05) is 0 Å². The van der Waals surface area contributed by atoms with Crippen LogP contribution in [0, 0.1) is 0 Å². The summed E-state index contributed by atoms with van der Waals surface area (Å²) in [7, 11) is 0. The summed E-state index contributed by atoms with van der Waals surface area (Å²) in [6, 6.07) is -0.226. The van der Waals surface area contributed by atoms with Crippen LogP contribution in [-0.4, -0.2) is 18.1 Å². The van der Waals surface area contributed by atoms with Gasteiger partial charge in [-0.25, -0.2) is 4.79 Å². The van der Waals surface area contributed by atoms with Crippen LogP contribution < -0.4 is 5.73 Å². The first-order valence-corrected chi connectivity index (χ1v) is 4.23. The fourth-order valence-corrected chi connectivity index (χ4v) is 1.29. The molecule has 0 aromatic heterocycles. The molecular weight excluding hydrogens is 142 g/mol. The molecule has 0 bridgehead atoms. The van der Waals surface area contributed by atoms with Gasteiger partial charge in [-0.1, -0.05) is 0 Å². The van der Waals surface area contributed by atoms with Gasteiger partial charge in [0.1, 0.15) is 6.10 Å². The molecule has 0 spiro atoms. The van der Waals surface area contributed by atoms with Gasteiger partial charge in [0.15, 0.2) is 6.04 Å². The van der Waals surface area contributed by atoms with Crippen molar-refractivity contribution in [3.05, 3.63) is 0 Å². The lowest BCUT2D eigenvalue weighted by Gasteiger charge is -2.10. The van der Waals surface area contributed by atoms with Gasteiger partial charge in [-0.15, -0.1) is 0 Å². The van der Waals surface area contributed by atoms with E-state index < -0.39 is 0 Å². The highest BCUT2D eigenvalue weighted by molar-refractivity contribution is 5.73. The fourth-order valence-electron chi connectivity index (χ4n) is 1.29. The molecule has 0 aromatic rings. The van der Waals surface area contributed by atoms with Crippen molar-refractivity contribution in [3.8, 4) is 0 Å². The zero-order chi connectivity index (χ0) is 8.27. The summed E-state index contributed by atoms with van der Waals surface area (Å²) in [5.41, 5.74) is 3.61. The first-order chi connectivity index (χ1) is 5.20. The summed E-state index contributed by atoms with van der Waals surface area (Å²) in [5, 5.41) is 0. The lowest BCUT2D eigenvalue weighted by Crippen LogP contribution is -2.63. The monoisotopic (exact) mass is 158 g/mol. The zero-order valence-corrected chi connectivity index (χ0v) is 7.01. The number of carbonyl (C=O) groups excluding carboxylic acids is 1. The molecule has 3 heteroatoms. The number of hydrogen-bond donors (Lipinski definition) is 1. The minimum absolute atomic E-state index is 0.156. The quantitative estimate of drug-likeness (QED) is 0.579. The van der Waals surface area contributed by atoms with E-state index in [1.165, 1.54) is 12.8 Å². The second kappa shape index (κ2) is 3.72. The Labute approximate surface area is 66.9 Å². The average Bonchev–Trinajstić information content (AvgIpc) is 2.39. The second-order valence-electron chi connectivity index (χ2n) is 3.24. The van der Waals surface area contributed by atoms with Crippen molar-refractivity contribution < 1.29 is 15.3 Å². The minimum Gasteiger partial charge on any atom is -0.458 e. The lowest BCUT2D eigenvalue weighted by atomic mass is 10.3. The Morgan fingerprint density at radius 2 is 2.09 bits per heavy atom. The van der Waals surface area contributed by atoms with Crippen LogP contribution in [0.15, 0.2) is 0 Å². The highest BCUT2D eigenvalue weighted by Crippen LogP contribution is 2.20. The van der Waals surface area contributed by atoms with Crippen molar-refractivity contribution in [2.24, 2.45) is 0 Å². The Balaban J connectivity index is 2.24. The molecule has 0 aliphatic heterocycles. The predicted molar refractivity (Wildman–Crippen MR) is 40.7 cm³/mol. The molecule has 3 N–H and O–H groups in total. The highest BCUT2D eigenvalue weighted by atomic mass is 16.5. The predicted octanol–water partition coefficient (Wildman–Crippen LogP) is 0.103. The van der Waals surface area contributed by atoms with Gasteiger partial charge in [-0.3, -0.25) is 0 Å². The minimum atomic E-state index is -0.226. The van der Waals surface area contributed by atoms with Gasteiger partial charge >= 0.3 is 5.97 Å². The van der Waals surface area contributed by atoms with Crippen LogP contribution >= 0.6 is 0 Å². The number of esters is 1. The van der Waals surface area contributed by atoms with Crippen molar-refractivity contribution in [1.82, 2.24) is 0 Å². The molecule has 0 heterocycles. The van der Waals surface area contributed by atoms with Crippen LogP contribution in [0.3, 0.4) is 0 Å². The highest BCUT2D eigenvalue weighted by Gasteiger charge is 2.22. The summed E-state index contributed by atoms with van der Waals surface area (Å²) in [5.74, 6) is -0.156. The third-order valence-electron chi connectivity index (χ3n) is 1.99. The summed E-state index contributed by atoms with van der Waals surface area (Å²) in [6.45, 7) is 1.76. The van der Waals surface area contributed by atoms with Crippen molar-refractivity contribution in [2.75, 3.05) is 0 Å². The Kier molecular flexibility index (Phi) is 2.88. The number of ether oxygens (including phenoxy) is 1.